The summed E-state index contributed by atoms with van der Waals surface area (Å²) in [5, 5.41) is 3.07. The number of piperidine rings is 1. The van der Waals surface area contributed by atoms with Crippen LogP contribution in [0.3, 0.4) is 0 Å². The predicted molar refractivity (Wildman–Crippen MR) is 122 cm³/mol. The van der Waals surface area contributed by atoms with Crippen molar-refractivity contribution in [2.45, 2.75) is 30.1 Å². The number of hydrogen-bond donors (Lipinski definition) is 1. The van der Waals surface area contributed by atoms with E-state index in [1.807, 2.05) is 61.5 Å². The van der Waals surface area contributed by atoms with Gasteiger partial charge in [0.15, 0.2) is 0 Å². The summed E-state index contributed by atoms with van der Waals surface area (Å²) in [5.41, 5.74) is 1.94. The number of amides is 1. The molecule has 6 heteroatoms. The normalized spacial score (nSPS) is 16.5. The Morgan fingerprint density at radius 3 is 2.10 bits per heavy atom. The van der Waals surface area contributed by atoms with Crippen molar-refractivity contribution in [1.82, 2.24) is 4.31 Å². The maximum Gasteiger partial charge on any atom is 0.243 e. The molecule has 0 bridgehead atoms. The molecule has 3 aromatic carbocycles. The number of nitrogens with one attached hydrogen (secondary N) is 1. The minimum atomic E-state index is -3.58. The second kappa shape index (κ2) is 8.65. The second-order valence-electron chi connectivity index (χ2n) is 7.99. The molecule has 0 aromatic heterocycles. The zero-order chi connectivity index (χ0) is 21.9. The molecular weight excluding hydrogens is 408 g/mol. The number of benzene rings is 3. The van der Waals surface area contributed by atoms with E-state index >= 15 is 0 Å². The Morgan fingerprint density at radius 2 is 1.48 bits per heavy atom. The number of carbonyl (C=O) groups is 1. The lowest BCUT2D eigenvalue weighted by molar-refractivity contribution is -0.123. The summed E-state index contributed by atoms with van der Waals surface area (Å²) < 4.78 is 27.6. The third kappa shape index (κ3) is 4.27. The summed E-state index contributed by atoms with van der Waals surface area (Å²) in [6.07, 6.45) is 0.835. The van der Waals surface area contributed by atoms with Crippen LogP contribution in [-0.2, 0) is 20.2 Å². The average Bonchev–Trinajstić information content (AvgIpc) is 2.80. The number of nitrogens with zero attached hydrogens (tertiary/aromatic N) is 1. The van der Waals surface area contributed by atoms with Crippen LogP contribution in [0.4, 0.5) is 5.69 Å². The lowest BCUT2D eigenvalue weighted by Gasteiger charge is -2.40. The van der Waals surface area contributed by atoms with Gasteiger partial charge in [-0.2, -0.15) is 4.31 Å². The van der Waals surface area contributed by atoms with Crippen molar-refractivity contribution in [2.24, 2.45) is 0 Å². The predicted octanol–water partition coefficient (Wildman–Crippen LogP) is 4.36. The Kier molecular flexibility index (Phi) is 5.94. The highest BCUT2D eigenvalue weighted by molar-refractivity contribution is 7.89. The van der Waals surface area contributed by atoms with Gasteiger partial charge >= 0.3 is 0 Å². The van der Waals surface area contributed by atoms with E-state index in [1.54, 1.807) is 30.3 Å². The van der Waals surface area contributed by atoms with Crippen molar-refractivity contribution < 1.29 is 13.2 Å². The second-order valence-corrected chi connectivity index (χ2v) is 9.93. The summed E-state index contributed by atoms with van der Waals surface area (Å²) in [6.45, 7) is 2.55. The zero-order valence-electron chi connectivity index (χ0n) is 17.5. The highest BCUT2D eigenvalue weighted by Gasteiger charge is 2.45. The molecule has 31 heavy (non-hydrogen) atoms. The maximum absolute atomic E-state index is 13.5. The van der Waals surface area contributed by atoms with Gasteiger partial charge in [-0.25, -0.2) is 8.42 Å². The van der Waals surface area contributed by atoms with E-state index in [0.717, 1.165) is 16.8 Å². The molecule has 1 aliphatic rings. The molecule has 1 saturated heterocycles. The molecule has 0 radical (unpaired) electrons. The number of carbonyl (C=O) groups excluding carboxylic acids is 1. The minimum Gasteiger partial charge on any atom is -0.325 e. The Bertz CT molecular complexity index is 1150. The number of rotatable bonds is 5. The molecule has 4 rings (SSSR count). The van der Waals surface area contributed by atoms with E-state index in [9.17, 15) is 13.2 Å². The fourth-order valence-electron chi connectivity index (χ4n) is 4.23. The summed E-state index contributed by atoms with van der Waals surface area (Å²) in [6, 6.07) is 25.8. The molecule has 0 spiro atoms. The minimum absolute atomic E-state index is 0.0962. The van der Waals surface area contributed by atoms with Crippen LogP contribution in [-0.4, -0.2) is 31.7 Å². The van der Waals surface area contributed by atoms with E-state index in [-0.39, 0.29) is 23.9 Å². The lowest BCUT2D eigenvalue weighted by atomic mass is 9.72. The maximum atomic E-state index is 13.5. The monoisotopic (exact) mass is 434 g/mol. The Labute approximate surface area is 183 Å². The lowest BCUT2D eigenvalue weighted by Crippen LogP contribution is -2.50. The van der Waals surface area contributed by atoms with E-state index in [2.05, 4.69) is 5.32 Å². The van der Waals surface area contributed by atoms with E-state index in [1.165, 1.54) is 4.31 Å². The van der Waals surface area contributed by atoms with E-state index in [0.29, 0.717) is 12.8 Å². The zero-order valence-corrected chi connectivity index (χ0v) is 18.3. The molecule has 5 nitrogen and oxygen atoms in total. The first-order chi connectivity index (χ1) is 14.9. The van der Waals surface area contributed by atoms with Gasteiger partial charge in [-0.05, 0) is 55.2 Å². The molecular formula is C25H26N2O3S. The Morgan fingerprint density at radius 1 is 0.871 bits per heavy atom. The van der Waals surface area contributed by atoms with Crippen LogP contribution in [0.1, 0.15) is 24.0 Å². The third-order valence-electron chi connectivity index (χ3n) is 5.99. The Balaban J connectivity index is 1.61. The Hall–Kier alpha value is -2.96. The largest absolute Gasteiger partial charge is 0.325 e. The molecule has 0 saturated carbocycles. The number of anilines is 1. The van der Waals surface area contributed by atoms with Crippen LogP contribution in [0, 0.1) is 6.92 Å². The quantitative estimate of drug-likeness (QED) is 0.649. The van der Waals surface area contributed by atoms with E-state index < -0.39 is 15.4 Å². The van der Waals surface area contributed by atoms with Crippen LogP contribution in [0.2, 0.25) is 0 Å². The molecule has 1 amide bonds. The number of sulfonamides is 1. The molecule has 1 aliphatic heterocycles. The van der Waals surface area contributed by atoms with Crippen LogP contribution in [0.5, 0.6) is 0 Å². The SMILES string of the molecule is Cc1cccc(NC(=O)C2(c3ccccc3)CCN(S(=O)(=O)c3ccccc3)CC2)c1. The molecule has 1 N–H and O–H groups in total. The first-order valence-electron chi connectivity index (χ1n) is 10.4. The standard InChI is InChI=1S/C25H26N2O3S/c1-20-9-8-12-22(19-20)26-24(28)25(21-10-4-2-5-11-21)15-17-27(18-16-25)31(29,30)23-13-6-3-7-14-23/h2-14,19H,15-18H2,1H3,(H,26,28). The van der Waals surface area contributed by atoms with Gasteiger partial charge in [0.25, 0.3) is 0 Å². The first kappa shape index (κ1) is 21.3. The first-order valence-corrected chi connectivity index (χ1v) is 11.8. The van der Waals surface area contributed by atoms with Gasteiger partial charge in [0.2, 0.25) is 15.9 Å². The topological polar surface area (TPSA) is 66.5 Å². The summed E-state index contributed by atoms with van der Waals surface area (Å²) in [4.78, 5) is 13.8. The molecule has 0 atom stereocenters. The van der Waals surface area contributed by atoms with Crippen molar-refractivity contribution in [3.8, 4) is 0 Å². The van der Waals surface area contributed by atoms with Crippen LogP contribution < -0.4 is 5.32 Å². The van der Waals surface area contributed by atoms with Gasteiger partial charge < -0.3 is 5.32 Å². The van der Waals surface area contributed by atoms with Gasteiger partial charge in [0.05, 0.1) is 10.3 Å². The smallest absolute Gasteiger partial charge is 0.243 e. The average molecular weight is 435 g/mol. The molecule has 160 valence electrons. The summed E-state index contributed by atoms with van der Waals surface area (Å²) >= 11 is 0. The van der Waals surface area contributed by atoms with Crippen LogP contribution in [0.15, 0.2) is 89.8 Å². The van der Waals surface area contributed by atoms with Crippen LogP contribution in [0.25, 0.3) is 0 Å². The fraction of sp³-hybridized carbons (Fsp3) is 0.240. The van der Waals surface area contributed by atoms with Gasteiger partial charge in [-0.15, -0.1) is 0 Å². The summed E-state index contributed by atoms with van der Waals surface area (Å²) in [7, 11) is -3.58. The fourth-order valence-corrected chi connectivity index (χ4v) is 5.69. The van der Waals surface area contributed by atoms with Crippen molar-refractivity contribution >= 4 is 21.6 Å². The van der Waals surface area contributed by atoms with Gasteiger partial charge in [0.1, 0.15) is 0 Å². The highest BCUT2D eigenvalue weighted by Crippen LogP contribution is 2.38. The van der Waals surface area contributed by atoms with Gasteiger partial charge in [-0.3, -0.25) is 4.79 Å². The van der Waals surface area contributed by atoms with Crippen molar-refractivity contribution in [3.05, 3.63) is 96.1 Å². The van der Waals surface area contributed by atoms with E-state index in [4.69, 9.17) is 0 Å². The molecule has 1 fully saturated rings. The van der Waals surface area contributed by atoms with Crippen molar-refractivity contribution in [3.63, 3.8) is 0 Å². The molecule has 3 aromatic rings. The molecule has 0 aliphatic carbocycles. The third-order valence-corrected chi connectivity index (χ3v) is 7.91. The number of aryl methyl sites for hydroxylation is 1. The number of hydrogen-bond acceptors (Lipinski definition) is 3. The van der Waals surface area contributed by atoms with Crippen molar-refractivity contribution in [2.75, 3.05) is 18.4 Å². The van der Waals surface area contributed by atoms with Gasteiger partial charge in [0, 0.05) is 18.8 Å². The summed E-state index contributed by atoms with van der Waals surface area (Å²) in [5.74, 6) is -0.0962. The highest BCUT2D eigenvalue weighted by atomic mass is 32.2. The van der Waals surface area contributed by atoms with Crippen molar-refractivity contribution in [1.29, 1.82) is 0 Å². The van der Waals surface area contributed by atoms with Gasteiger partial charge in [-0.1, -0.05) is 60.7 Å². The van der Waals surface area contributed by atoms with Crippen LogP contribution >= 0.6 is 0 Å². The molecule has 1 heterocycles. The molecule has 0 unspecified atom stereocenters.